The maximum Gasteiger partial charge on any atom is 0.0788 e. The maximum absolute atomic E-state index is 5.96. The van der Waals surface area contributed by atoms with Gasteiger partial charge in [0, 0.05) is 34.9 Å². The van der Waals surface area contributed by atoms with Crippen LogP contribution in [0, 0.1) is 0 Å². The van der Waals surface area contributed by atoms with Gasteiger partial charge in [-0.2, -0.15) is 0 Å². The fraction of sp³-hybridized carbons (Fsp3) is 0.103. The van der Waals surface area contributed by atoms with Crippen LogP contribution < -0.4 is 11.5 Å². The van der Waals surface area contributed by atoms with E-state index >= 15 is 0 Å². The lowest BCUT2D eigenvalue weighted by molar-refractivity contribution is 0.925. The molecular formula is C29H27ClN4. The van der Waals surface area contributed by atoms with Gasteiger partial charge < -0.3 is 11.5 Å². The number of benzene rings is 3. The summed E-state index contributed by atoms with van der Waals surface area (Å²) >= 11 is 0. The van der Waals surface area contributed by atoms with E-state index in [9.17, 15) is 0 Å². The summed E-state index contributed by atoms with van der Waals surface area (Å²) in [5.41, 5.74) is 21.1. The molecule has 4 N–H and O–H groups in total. The Morgan fingerprint density at radius 3 is 2.24 bits per heavy atom. The predicted molar refractivity (Wildman–Crippen MR) is 144 cm³/mol. The molecule has 0 saturated carbocycles. The lowest BCUT2D eigenvalue weighted by Gasteiger charge is -2.14. The molecule has 0 saturated heterocycles. The number of hydrogen-bond acceptors (Lipinski definition) is 4. The van der Waals surface area contributed by atoms with Crippen molar-refractivity contribution < 1.29 is 0 Å². The molecule has 34 heavy (non-hydrogen) atoms. The van der Waals surface area contributed by atoms with Crippen LogP contribution in [0.4, 0.5) is 5.69 Å². The SMILES string of the molecule is Cl.NCc1ccc(-c2nc3ccnc(CCc4cccc(N)c4)c3cc2-c2ccccc2)cc1. The van der Waals surface area contributed by atoms with Gasteiger partial charge in [-0.25, -0.2) is 4.98 Å². The summed E-state index contributed by atoms with van der Waals surface area (Å²) in [5.74, 6) is 0. The molecule has 0 amide bonds. The number of aromatic nitrogens is 2. The van der Waals surface area contributed by atoms with E-state index in [0.29, 0.717) is 6.54 Å². The van der Waals surface area contributed by atoms with Crippen LogP contribution in [0.1, 0.15) is 16.8 Å². The molecule has 0 fully saturated rings. The lowest BCUT2D eigenvalue weighted by atomic mass is 9.96. The average Bonchev–Trinajstić information content (AvgIpc) is 2.87. The Balaban J connectivity index is 0.00000274. The fourth-order valence-corrected chi connectivity index (χ4v) is 4.22. The number of aryl methyl sites for hydroxylation is 2. The molecule has 5 rings (SSSR count). The van der Waals surface area contributed by atoms with Crippen molar-refractivity contribution in [2.75, 3.05) is 5.73 Å². The Labute approximate surface area is 206 Å². The van der Waals surface area contributed by atoms with E-state index in [2.05, 4.69) is 60.7 Å². The van der Waals surface area contributed by atoms with Crippen LogP contribution in [0.5, 0.6) is 0 Å². The van der Waals surface area contributed by atoms with Crippen LogP contribution in [0.15, 0.2) is 97.2 Å². The summed E-state index contributed by atoms with van der Waals surface area (Å²) in [6.07, 6.45) is 3.55. The van der Waals surface area contributed by atoms with Crippen molar-refractivity contribution in [2.45, 2.75) is 19.4 Å². The highest BCUT2D eigenvalue weighted by atomic mass is 35.5. The fourth-order valence-electron chi connectivity index (χ4n) is 4.22. The number of rotatable bonds is 6. The zero-order valence-electron chi connectivity index (χ0n) is 18.8. The van der Waals surface area contributed by atoms with Crippen LogP contribution in [0.2, 0.25) is 0 Å². The molecule has 3 aromatic carbocycles. The first kappa shape index (κ1) is 23.4. The van der Waals surface area contributed by atoms with Crippen molar-refractivity contribution in [1.82, 2.24) is 9.97 Å². The first-order valence-electron chi connectivity index (χ1n) is 11.2. The minimum atomic E-state index is 0. The molecule has 0 atom stereocenters. The van der Waals surface area contributed by atoms with Gasteiger partial charge in [-0.1, -0.05) is 66.7 Å². The highest BCUT2D eigenvalue weighted by molar-refractivity contribution is 5.92. The molecule has 4 nitrogen and oxygen atoms in total. The molecule has 0 radical (unpaired) electrons. The topological polar surface area (TPSA) is 77.8 Å². The Bertz CT molecular complexity index is 1400. The van der Waals surface area contributed by atoms with Crippen molar-refractivity contribution in [3.05, 3.63) is 114 Å². The van der Waals surface area contributed by atoms with E-state index in [4.69, 9.17) is 21.4 Å². The van der Waals surface area contributed by atoms with E-state index in [1.54, 1.807) is 0 Å². The maximum atomic E-state index is 5.96. The molecule has 170 valence electrons. The molecule has 2 aromatic heterocycles. The lowest BCUT2D eigenvalue weighted by Crippen LogP contribution is -2.00. The molecule has 0 spiro atoms. The van der Waals surface area contributed by atoms with E-state index in [1.165, 1.54) is 5.56 Å². The number of hydrogen-bond donors (Lipinski definition) is 2. The molecule has 5 heteroatoms. The van der Waals surface area contributed by atoms with Gasteiger partial charge in [0.1, 0.15) is 0 Å². The van der Waals surface area contributed by atoms with E-state index in [0.717, 1.165) is 63.1 Å². The average molecular weight is 467 g/mol. The minimum Gasteiger partial charge on any atom is -0.399 e. The van der Waals surface area contributed by atoms with E-state index < -0.39 is 0 Å². The van der Waals surface area contributed by atoms with Gasteiger partial charge in [0.15, 0.2) is 0 Å². The highest BCUT2D eigenvalue weighted by Gasteiger charge is 2.14. The largest absolute Gasteiger partial charge is 0.399 e. The summed E-state index contributed by atoms with van der Waals surface area (Å²) in [7, 11) is 0. The second kappa shape index (κ2) is 10.5. The number of anilines is 1. The highest BCUT2D eigenvalue weighted by Crippen LogP contribution is 2.34. The first-order chi connectivity index (χ1) is 16.2. The van der Waals surface area contributed by atoms with Gasteiger partial charge >= 0.3 is 0 Å². The van der Waals surface area contributed by atoms with E-state index in [-0.39, 0.29) is 12.4 Å². The molecule has 0 bridgehead atoms. The standard InChI is InChI=1S/C29H26N4.ClH/c30-19-21-9-12-23(13-10-21)29-25(22-6-2-1-3-7-22)18-26-27(32-16-15-28(26)33-29)14-11-20-5-4-8-24(31)17-20;/h1-10,12-13,15-18H,11,14,19,30-31H2;1H. The number of pyridine rings is 2. The van der Waals surface area contributed by atoms with Gasteiger partial charge in [0.05, 0.1) is 16.9 Å². The smallest absolute Gasteiger partial charge is 0.0788 e. The second-order valence-electron chi connectivity index (χ2n) is 8.22. The third-order valence-corrected chi connectivity index (χ3v) is 5.98. The van der Waals surface area contributed by atoms with Crippen molar-refractivity contribution >= 4 is 29.0 Å². The quantitative estimate of drug-likeness (QED) is 0.291. The molecule has 0 aliphatic carbocycles. The summed E-state index contributed by atoms with van der Waals surface area (Å²) in [5, 5.41) is 1.09. The molecule has 2 heterocycles. The predicted octanol–water partition coefficient (Wildman–Crippen LogP) is 6.21. The molecule has 0 unspecified atom stereocenters. The molecule has 5 aromatic rings. The van der Waals surface area contributed by atoms with Crippen molar-refractivity contribution in [3.63, 3.8) is 0 Å². The monoisotopic (exact) mass is 466 g/mol. The number of fused-ring (bicyclic) bond motifs is 1. The van der Waals surface area contributed by atoms with Crippen LogP contribution in [-0.2, 0) is 19.4 Å². The Morgan fingerprint density at radius 2 is 1.50 bits per heavy atom. The van der Waals surface area contributed by atoms with E-state index in [1.807, 2.05) is 36.5 Å². The van der Waals surface area contributed by atoms with Crippen molar-refractivity contribution in [2.24, 2.45) is 5.73 Å². The van der Waals surface area contributed by atoms with Gasteiger partial charge in [-0.3, -0.25) is 4.98 Å². The van der Waals surface area contributed by atoms with Crippen LogP contribution in [-0.4, -0.2) is 9.97 Å². The second-order valence-corrected chi connectivity index (χ2v) is 8.22. The first-order valence-corrected chi connectivity index (χ1v) is 11.2. The Kier molecular flexibility index (Phi) is 7.21. The van der Waals surface area contributed by atoms with Gasteiger partial charge in [0.2, 0.25) is 0 Å². The Morgan fingerprint density at radius 1 is 0.706 bits per heavy atom. The number of nitrogen functional groups attached to an aromatic ring is 1. The summed E-state index contributed by atoms with van der Waals surface area (Å²) < 4.78 is 0. The van der Waals surface area contributed by atoms with Crippen LogP contribution in [0.3, 0.4) is 0 Å². The van der Waals surface area contributed by atoms with Crippen LogP contribution in [0.25, 0.3) is 33.3 Å². The summed E-state index contributed by atoms with van der Waals surface area (Å²) in [6, 6.07) is 31.0. The van der Waals surface area contributed by atoms with Gasteiger partial charge in [0.25, 0.3) is 0 Å². The third kappa shape index (κ3) is 4.93. The normalized spacial score (nSPS) is 10.7. The van der Waals surface area contributed by atoms with Gasteiger partial charge in [-0.15, -0.1) is 12.4 Å². The minimum absolute atomic E-state index is 0. The third-order valence-electron chi connectivity index (χ3n) is 5.98. The number of nitrogens with two attached hydrogens (primary N) is 2. The molecule has 0 aliphatic rings. The molecule has 0 aliphatic heterocycles. The van der Waals surface area contributed by atoms with Crippen molar-refractivity contribution in [1.29, 1.82) is 0 Å². The zero-order chi connectivity index (χ0) is 22.6. The van der Waals surface area contributed by atoms with Gasteiger partial charge in [-0.05, 0) is 53.8 Å². The number of halogens is 1. The molecular weight excluding hydrogens is 440 g/mol. The summed E-state index contributed by atoms with van der Waals surface area (Å²) in [4.78, 5) is 9.83. The van der Waals surface area contributed by atoms with Crippen LogP contribution >= 0.6 is 12.4 Å². The van der Waals surface area contributed by atoms with Crippen molar-refractivity contribution in [3.8, 4) is 22.4 Å². The summed E-state index contributed by atoms with van der Waals surface area (Å²) in [6.45, 7) is 0.527. The Hall–Kier alpha value is -3.73. The zero-order valence-corrected chi connectivity index (χ0v) is 19.6. The number of nitrogens with zero attached hydrogens (tertiary/aromatic N) is 2.